The van der Waals surface area contributed by atoms with Gasteiger partial charge in [-0.2, -0.15) is 0 Å². The number of ether oxygens (including phenoxy) is 1. The van der Waals surface area contributed by atoms with Crippen LogP contribution in [-0.4, -0.2) is 18.5 Å². The lowest BCUT2D eigenvalue weighted by Crippen LogP contribution is -2.29. The summed E-state index contributed by atoms with van der Waals surface area (Å²) in [6.45, 7) is 8.35. The third kappa shape index (κ3) is 3.86. The van der Waals surface area contributed by atoms with Gasteiger partial charge in [-0.3, -0.25) is 4.79 Å². The van der Waals surface area contributed by atoms with Crippen LogP contribution in [0.5, 0.6) is 0 Å². The summed E-state index contributed by atoms with van der Waals surface area (Å²) in [7, 11) is 0. The normalized spacial score (nSPS) is 15.7. The van der Waals surface area contributed by atoms with E-state index in [1.54, 1.807) is 6.92 Å². The molecule has 2 heteroatoms. The summed E-state index contributed by atoms with van der Waals surface area (Å²) in [6, 6.07) is 0. The Hall–Kier alpha value is -0.370. The maximum absolute atomic E-state index is 11.1. The van der Waals surface area contributed by atoms with Crippen molar-refractivity contribution in [2.75, 3.05) is 6.61 Å². The van der Waals surface area contributed by atoms with E-state index in [9.17, 15) is 4.79 Å². The zero-order valence-corrected chi connectivity index (χ0v) is 8.59. The van der Waals surface area contributed by atoms with E-state index in [-0.39, 0.29) is 11.9 Å². The van der Waals surface area contributed by atoms with E-state index in [1.807, 2.05) is 6.92 Å². The molecule has 0 aliphatic carbocycles. The molecular formula is C10H20O2. The van der Waals surface area contributed by atoms with E-state index in [1.165, 1.54) is 0 Å². The lowest BCUT2D eigenvalue weighted by molar-refractivity contribution is -0.131. The lowest BCUT2D eigenvalue weighted by Gasteiger charge is -2.20. The van der Waals surface area contributed by atoms with Crippen molar-refractivity contribution in [2.24, 2.45) is 5.92 Å². The Morgan fingerprint density at radius 1 is 1.42 bits per heavy atom. The minimum Gasteiger partial charge on any atom is -0.370 e. The molecule has 0 N–H and O–H groups in total. The van der Waals surface area contributed by atoms with E-state index in [0.29, 0.717) is 12.5 Å². The van der Waals surface area contributed by atoms with Crippen LogP contribution < -0.4 is 0 Å². The van der Waals surface area contributed by atoms with E-state index >= 15 is 0 Å². The Kier molecular flexibility index (Phi) is 5.99. The topological polar surface area (TPSA) is 26.3 Å². The van der Waals surface area contributed by atoms with Crippen LogP contribution in [0.2, 0.25) is 0 Å². The van der Waals surface area contributed by atoms with Crippen LogP contribution >= 0.6 is 0 Å². The summed E-state index contributed by atoms with van der Waals surface area (Å²) in [5.41, 5.74) is 0. The Labute approximate surface area is 75.3 Å². The standard InChI is InChI=1S/C10H20O2/c1-5-7-8(3)10(9(4)11)12-6-2/h8,10H,5-7H2,1-4H3. The molecule has 0 amide bonds. The first-order valence-electron chi connectivity index (χ1n) is 4.75. The average molecular weight is 172 g/mol. The molecule has 2 nitrogen and oxygen atoms in total. The van der Waals surface area contributed by atoms with Crippen molar-refractivity contribution in [3.05, 3.63) is 0 Å². The minimum atomic E-state index is -0.185. The third-order valence-corrected chi connectivity index (χ3v) is 2.01. The minimum absolute atomic E-state index is 0.151. The fraction of sp³-hybridized carbons (Fsp3) is 0.900. The summed E-state index contributed by atoms with van der Waals surface area (Å²) in [4.78, 5) is 11.1. The van der Waals surface area contributed by atoms with Gasteiger partial charge >= 0.3 is 0 Å². The molecule has 0 rings (SSSR count). The van der Waals surface area contributed by atoms with Gasteiger partial charge in [-0.15, -0.1) is 0 Å². The summed E-state index contributed by atoms with van der Waals surface area (Å²) < 4.78 is 5.37. The summed E-state index contributed by atoms with van der Waals surface area (Å²) in [5, 5.41) is 0. The van der Waals surface area contributed by atoms with E-state index in [2.05, 4.69) is 13.8 Å². The van der Waals surface area contributed by atoms with Crippen LogP contribution in [0.25, 0.3) is 0 Å². The maximum atomic E-state index is 11.1. The van der Waals surface area contributed by atoms with Crippen molar-refractivity contribution in [3.63, 3.8) is 0 Å². The SMILES string of the molecule is CCCC(C)C(OCC)C(C)=O. The van der Waals surface area contributed by atoms with Gasteiger partial charge in [0.25, 0.3) is 0 Å². The molecule has 2 unspecified atom stereocenters. The van der Waals surface area contributed by atoms with Crippen LogP contribution in [-0.2, 0) is 9.53 Å². The van der Waals surface area contributed by atoms with Gasteiger partial charge < -0.3 is 4.74 Å². The molecule has 0 aliphatic heterocycles. The molecule has 0 bridgehead atoms. The number of rotatable bonds is 6. The summed E-state index contributed by atoms with van der Waals surface area (Å²) in [6.07, 6.45) is 1.98. The molecule has 0 aliphatic rings. The van der Waals surface area contributed by atoms with Gasteiger partial charge in [0.1, 0.15) is 6.10 Å². The second-order valence-corrected chi connectivity index (χ2v) is 3.25. The van der Waals surface area contributed by atoms with Gasteiger partial charge in [0.05, 0.1) is 0 Å². The fourth-order valence-electron chi connectivity index (χ4n) is 1.47. The predicted molar refractivity (Wildman–Crippen MR) is 50.2 cm³/mol. The molecule has 0 spiro atoms. The Bertz CT molecular complexity index is 132. The van der Waals surface area contributed by atoms with Crippen LogP contribution in [0.3, 0.4) is 0 Å². The zero-order valence-electron chi connectivity index (χ0n) is 8.59. The van der Waals surface area contributed by atoms with Gasteiger partial charge in [-0.05, 0) is 26.2 Å². The number of carbonyl (C=O) groups is 1. The first-order valence-corrected chi connectivity index (χ1v) is 4.75. The van der Waals surface area contributed by atoms with E-state index in [0.717, 1.165) is 12.8 Å². The van der Waals surface area contributed by atoms with Crippen molar-refractivity contribution in [1.82, 2.24) is 0 Å². The Balaban J connectivity index is 3.99. The highest BCUT2D eigenvalue weighted by Crippen LogP contribution is 2.14. The highest BCUT2D eigenvalue weighted by atomic mass is 16.5. The number of Topliss-reactive ketones (excluding diaryl/α,β-unsaturated/α-hetero) is 1. The molecule has 12 heavy (non-hydrogen) atoms. The molecule has 0 saturated carbocycles. The van der Waals surface area contributed by atoms with Gasteiger partial charge in [0.15, 0.2) is 5.78 Å². The van der Waals surface area contributed by atoms with Crippen molar-refractivity contribution in [2.45, 2.75) is 46.6 Å². The first kappa shape index (κ1) is 11.6. The van der Waals surface area contributed by atoms with Crippen molar-refractivity contribution in [3.8, 4) is 0 Å². The molecular weight excluding hydrogens is 152 g/mol. The molecule has 2 atom stereocenters. The highest BCUT2D eigenvalue weighted by Gasteiger charge is 2.20. The van der Waals surface area contributed by atoms with Crippen LogP contribution in [0.1, 0.15) is 40.5 Å². The Morgan fingerprint density at radius 2 is 2.00 bits per heavy atom. The number of hydrogen-bond acceptors (Lipinski definition) is 2. The number of ketones is 1. The van der Waals surface area contributed by atoms with E-state index < -0.39 is 0 Å². The van der Waals surface area contributed by atoms with Crippen LogP contribution in [0, 0.1) is 5.92 Å². The van der Waals surface area contributed by atoms with Gasteiger partial charge in [0, 0.05) is 6.61 Å². The average Bonchev–Trinajstić information content (AvgIpc) is 1.99. The van der Waals surface area contributed by atoms with Crippen molar-refractivity contribution >= 4 is 5.78 Å². The largest absolute Gasteiger partial charge is 0.370 e. The summed E-state index contributed by atoms with van der Waals surface area (Å²) in [5.74, 6) is 0.505. The molecule has 0 heterocycles. The second kappa shape index (κ2) is 6.18. The number of carbonyl (C=O) groups excluding carboxylic acids is 1. The fourth-order valence-corrected chi connectivity index (χ4v) is 1.47. The van der Waals surface area contributed by atoms with Crippen molar-refractivity contribution in [1.29, 1.82) is 0 Å². The third-order valence-electron chi connectivity index (χ3n) is 2.01. The van der Waals surface area contributed by atoms with E-state index in [4.69, 9.17) is 4.74 Å². The zero-order chi connectivity index (χ0) is 9.56. The second-order valence-electron chi connectivity index (χ2n) is 3.25. The quantitative estimate of drug-likeness (QED) is 0.615. The highest BCUT2D eigenvalue weighted by molar-refractivity contribution is 5.80. The molecule has 0 saturated heterocycles. The van der Waals surface area contributed by atoms with Crippen molar-refractivity contribution < 1.29 is 9.53 Å². The molecule has 0 radical (unpaired) electrons. The summed E-state index contributed by atoms with van der Waals surface area (Å²) >= 11 is 0. The van der Waals surface area contributed by atoms with Gasteiger partial charge in [0.2, 0.25) is 0 Å². The monoisotopic (exact) mass is 172 g/mol. The molecule has 0 fully saturated rings. The molecule has 0 aromatic carbocycles. The van der Waals surface area contributed by atoms with Crippen LogP contribution in [0.15, 0.2) is 0 Å². The first-order chi connectivity index (χ1) is 5.63. The predicted octanol–water partition coefficient (Wildman–Crippen LogP) is 2.42. The lowest BCUT2D eigenvalue weighted by atomic mass is 9.97. The molecule has 0 aromatic heterocycles. The van der Waals surface area contributed by atoms with Gasteiger partial charge in [-0.25, -0.2) is 0 Å². The van der Waals surface area contributed by atoms with Gasteiger partial charge in [-0.1, -0.05) is 20.3 Å². The molecule has 0 aromatic rings. The maximum Gasteiger partial charge on any atom is 0.158 e. The smallest absolute Gasteiger partial charge is 0.158 e. The Morgan fingerprint density at radius 3 is 2.33 bits per heavy atom. The number of hydrogen-bond donors (Lipinski definition) is 0. The van der Waals surface area contributed by atoms with Crippen LogP contribution in [0.4, 0.5) is 0 Å². The molecule has 72 valence electrons.